The Bertz CT molecular complexity index is 505. The first-order chi connectivity index (χ1) is 10.4. The minimum absolute atomic E-state index is 0.100. The van der Waals surface area contributed by atoms with E-state index in [2.05, 4.69) is 10.6 Å². The third-order valence-electron chi connectivity index (χ3n) is 4.31. The number of nitrogens with one attached hydrogen (secondary N) is 2. The molecule has 1 atom stereocenters. The van der Waals surface area contributed by atoms with Crippen molar-refractivity contribution in [1.29, 1.82) is 0 Å². The van der Waals surface area contributed by atoms with Crippen LogP contribution in [0.25, 0.3) is 0 Å². The van der Waals surface area contributed by atoms with Gasteiger partial charge in [0.15, 0.2) is 0 Å². The maximum absolute atomic E-state index is 12.1. The lowest BCUT2D eigenvalue weighted by Crippen LogP contribution is -2.37. The van der Waals surface area contributed by atoms with Gasteiger partial charge in [0.2, 0.25) is 5.91 Å². The molecule has 22 heavy (non-hydrogen) atoms. The second-order valence-corrected chi connectivity index (χ2v) is 7.47. The number of amides is 1. The molecule has 2 rings (SSSR count). The molecule has 0 aromatic heterocycles. The van der Waals surface area contributed by atoms with Gasteiger partial charge >= 0.3 is 0 Å². The van der Waals surface area contributed by atoms with Gasteiger partial charge in [0.25, 0.3) is 0 Å². The molecule has 1 saturated heterocycles. The lowest BCUT2D eigenvalue weighted by Gasteiger charge is -2.28. The molecule has 0 aliphatic carbocycles. The van der Waals surface area contributed by atoms with E-state index in [0.29, 0.717) is 28.9 Å². The van der Waals surface area contributed by atoms with E-state index < -0.39 is 0 Å². The Morgan fingerprint density at radius 2 is 2.05 bits per heavy atom. The average Bonchev–Trinajstić information content (AvgIpc) is 2.96. The summed E-state index contributed by atoms with van der Waals surface area (Å²) >= 11 is 12.5. The number of carbonyl (C=O) groups excluding carboxylic acids is 1. The van der Waals surface area contributed by atoms with Gasteiger partial charge < -0.3 is 10.6 Å². The van der Waals surface area contributed by atoms with Gasteiger partial charge in [0.1, 0.15) is 0 Å². The molecule has 0 saturated carbocycles. The average molecular weight is 343 g/mol. The summed E-state index contributed by atoms with van der Waals surface area (Å²) in [6, 6.07) is 5.50. The van der Waals surface area contributed by atoms with Crippen LogP contribution in [0.3, 0.4) is 0 Å². The summed E-state index contributed by atoms with van der Waals surface area (Å²) in [7, 11) is 0. The first-order valence-electron chi connectivity index (χ1n) is 7.82. The monoisotopic (exact) mass is 342 g/mol. The molecule has 1 aromatic rings. The lowest BCUT2D eigenvalue weighted by molar-refractivity contribution is -0.121. The van der Waals surface area contributed by atoms with Gasteiger partial charge in [-0.3, -0.25) is 4.79 Å². The van der Waals surface area contributed by atoms with Gasteiger partial charge in [0.05, 0.1) is 0 Å². The van der Waals surface area contributed by atoms with Crippen molar-refractivity contribution in [1.82, 2.24) is 10.6 Å². The number of benzene rings is 1. The molecule has 0 bridgehead atoms. The van der Waals surface area contributed by atoms with Gasteiger partial charge in [-0.2, -0.15) is 0 Å². The van der Waals surface area contributed by atoms with Crippen molar-refractivity contribution in [3.63, 3.8) is 0 Å². The van der Waals surface area contributed by atoms with Crippen LogP contribution in [0.5, 0.6) is 0 Å². The molecule has 1 aliphatic rings. The second kappa shape index (κ2) is 7.67. The molecule has 3 nitrogen and oxygen atoms in total. The van der Waals surface area contributed by atoms with E-state index in [0.717, 1.165) is 25.1 Å². The van der Waals surface area contributed by atoms with Crippen LogP contribution in [0.2, 0.25) is 10.0 Å². The largest absolute Gasteiger partial charge is 0.355 e. The molecule has 1 amide bonds. The summed E-state index contributed by atoms with van der Waals surface area (Å²) in [6.45, 7) is 6.72. The molecule has 1 aliphatic heterocycles. The number of hydrogen-bond donors (Lipinski definition) is 2. The summed E-state index contributed by atoms with van der Waals surface area (Å²) in [5, 5.41) is 7.63. The van der Waals surface area contributed by atoms with Crippen molar-refractivity contribution >= 4 is 29.1 Å². The summed E-state index contributed by atoms with van der Waals surface area (Å²) < 4.78 is 0. The summed E-state index contributed by atoms with van der Waals surface area (Å²) in [4.78, 5) is 12.1. The Kier molecular flexibility index (Phi) is 6.13. The molecule has 1 heterocycles. The Labute approximate surface area is 142 Å². The number of carbonyl (C=O) groups is 1. The zero-order valence-electron chi connectivity index (χ0n) is 13.2. The highest BCUT2D eigenvalue weighted by atomic mass is 35.5. The van der Waals surface area contributed by atoms with Crippen molar-refractivity contribution in [3.8, 4) is 0 Å². The number of halogens is 2. The normalized spacial score (nSPS) is 18.5. The summed E-state index contributed by atoms with van der Waals surface area (Å²) in [6.07, 6.45) is 2.71. The Morgan fingerprint density at radius 1 is 1.36 bits per heavy atom. The second-order valence-electron chi connectivity index (χ2n) is 6.65. The van der Waals surface area contributed by atoms with Crippen molar-refractivity contribution in [2.75, 3.05) is 19.6 Å². The molecule has 1 aromatic carbocycles. The zero-order valence-corrected chi connectivity index (χ0v) is 14.7. The van der Waals surface area contributed by atoms with Crippen molar-refractivity contribution in [2.45, 2.75) is 38.5 Å². The highest BCUT2D eigenvalue weighted by Crippen LogP contribution is 2.35. The maximum Gasteiger partial charge on any atom is 0.220 e. The van der Waals surface area contributed by atoms with Gasteiger partial charge in [0, 0.05) is 28.4 Å². The SMILES string of the molecule is CC(C)(CNC(=O)CCC1CCNC1)c1c(Cl)cccc1Cl. The predicted molar refractivity (Wildman–Crippen MR) is 92.7 cm³/mol. The molecule has 5 heteroatoms. The third kappa shape index (κ3) is 4.61. The van der Waals surface area contributed by atoms with Crippen LogP contribution >= 0.6 is 23.2 Å². The minimum atomic E-state index is -0.306. The van der Waals surface area contributed by atoms with Crippen LogP contribution in [0.4, 0.5) is 0 Å². The van der Waals surface area contributed by atoms with Crippen LogP contribution in [-0.4, -0.2) is 25.5 Å². The Balaban J connectivity index is 1.87. The smallest absolute Gasteiger partial charge is 0.220 e. The summed E-state index contributed by atoms with van der Waals surface area (Å²) in [5.41, 5.74) is 0.582. The van der Waals surface area contributed by atoms with Crippen molar-refractivity contribution in [2.24, 2.45) is 5.92 Å². The van der Waals surface area contributed by atoms with Crippen LogP contribution in [0.1, 0.15) is 38.7 Å². The fourth-order valence-electron chi connectivity index (χ4n) is 2.94. The molecule has 122 valence electrons. The fraction of sp³-hybridized carbons (Fsp3) is 0.588. The number of hydrogen-bond acceptors (Lipinski definition) is 2. The van der Waals surface area contributed by atoms with Crippen LogP contribution in [0.15, 0.2) is 18.2 Å². The van der Waals surface area contributed by atoms with E-state index in [1.165, 1.54) is 6.42 Å². The topological polar surface area (TPSA) is 41.1 Å². The van der Waals surface area contributed by atoms with E-state index >= 15 is 0 Å². The Hall–Kier alpha value is -0.770. The van der Waals surface area contributed by atoms with E-state index in [-0.39, 0.29) is 11.3 Å². The molecular weight excluding hydrogens is 319 g/mol. The number of rotatable bonds is 6. The first kappa shape index (κ1) is 17.6. The Morgan fingerprint density at radius 3 is 2.64 bits per heavy atom. The van der Waals surface area contributed by atoms with E-state index in [1.807, 2.05) is 32.0 Å². The molecule has 0 radical (unpaired) electrons. The minimum Gasteiger partial charge on any atom is -0.355 e. The third-order valence-corrected chi connectivity index (χ3v) is 4.94. The summed E-state index contributed by atoms with van der Waals surface area (Å²) in [5.74, 6) is 0.736. The lowest BCUT2D eigenvalue weighted by atomic mass is 9.84. The van der Waals surface area contributed by atoms with Crippen LogP contribution < -0.4 is 10.6 Å². The van der Waals surface area contributed by atoms with Crippen LogP contribution in [-0.2, 0) is 10.2 Å². The van der Waals surface area contributed by atoms with E-state index in [9.17, 15) is 4.79 Å². The zero-order chi connectivity index (χ0) is 16.2. The van der Waals surface area contributed by atoms with E-state index in [4.69, 9.17) is 23.2 Å². The van der Waals surface area contributed by atoms with Crippen molar-refractivity contribution in [3.05, 3.63) is 33.8 Å². The molecule has 0 spiro atoms. The fourth-order valence-corrected chi connectivity index (χ4v) is 3.85. The molecular formula is C17H24Cl2N2O. The van der Waals surface area contributed by atoms with Gasteiger partial charge in [-0.1, -0.05) is 43.1 Å². The predicted octanol–water partition coefficient (Wildman–Crippen LogP) is 3.78. The quantitative estimate of drug-likeness (QED) is 0.825. The van der Waals surface area contributed by atoms with Crippen molar-refractivity contribution < 1.29 is 4.79 Å². The molecule has 1 unspecified atom stereocenters. The highest BCUT2D eigenvalue weighted by Gasteiger charge is 2.26. The molecule has 1 fully saturated rings. The van der Waals surface area contributed by atoms with Gasteiger partial charge in [-0.05, 0) is 49.5 Å². The molecule has 2 N–H and O–H groups in total. The van der Waals surface area contributed by atoms with Gasteiger partial charge in [-0.25, -0.2) is 0 Å². The highest BCUT2D eigenvalue weighted by molar-refractivity contribution is 6.36. The van der Waals surface area contributed by atoms with E-state index in [1.54, 1.807) is 0 Å². The maximum atomic E-state index is 12.1. The standard InChI is InChI=1S/C17H24Cl2N2O/c1-17(2,16-13(18)4-3-5-14(16)19)11-21-15(22)7-6-12-8-9-20-10-12/h3-5,12,20H,6-11H2,1-2H3,(H,21,22). The van der Waals surface area contributed by atoms with Gasteiger partial charge in [-0.15, -0.1) is 0 Å². The van der Waals surface area contributed by atoms with Crippen LogP contribution in [0, 0.1) is 5.92 Å². The first-order valence-corrected chi connectivity index (χ1v) is 8.57.